The number of pyridine rings is 1. The molecule has 2 saturated heterocycles. The number of aromatic nitrogens is 1. The van der Waals surface area contributed by atoms with Gasteiger partial charge in [0.25, 0.3) is 11.8 Å². The highest BCUT2D eigenvalue weighted by atomic mass is 16.5. The van der Waals surface area contributed by atoms with Crippen LogP contribution in [0.1, 0.15) is 27.6 Å². The van der Waals surface area contributed by atoms with Gasteiger partial charge in [-0.05, 0) is 29.3 Å². The van der Waals surface area contributed by atoms with Gasteiger partial charge in [-0.25, -0.2) is 0 Å². The molecule has 0 bridgehead atoms. The van der Waals surface area contributed by atoms with Crippen LogP contribution in [0.5, 0.6) is 0 Å². The van der Waals surface area contributed by atoms with Crippen molar-refractivity contribution in [2.45, 2.75) is 18.1 Å². The summed E-state index contributed by atoms with van der Waals surface area (Å²) in [6, 6.07) is 17.0. The van der Waals surface area contributed by atoms with Crippen LogP contribution in [-0.2, 0) is 16.1 Å². The Balaban J connectivity index is 1.48. The van der Waals surface area contributed by atoms with Crippen molar-refractivity contribution in [2.75, 3.05) is 26.2 Å². The van der Waals surface area contributed by atoms with Gasteiger partial charge in [0.15, 0.2) is 11.4 Å². The molecule has 2 aromatic heterocycles. The molecule has 3 aromatic rings. The van der Waals surface area contributed by atoms with Crippen LogP contribution in [0.25, 0.3) is 0 Å². The third kappa shape index (κ3) is 3.51. The van der Waals surface area contributed by atoms with E-state index in [9.17, 15) is 9.59 Å². The molecule has 5 rings (SSSR count). The molecule has 2 amide bonds. The lowest BCUT2D eigenvalue weighted by molar-refractivity contribution is -0.172. The first-order valence-corrected chi connectivity index (χ1v) is 10.4. The number of nitrogens with zero attached hydrogens (tertiary/aromatic N) is 3. The van der Waals surface area contributed by atoms with Crippen LogP contribution in [0.2, 0.25) is 0 Å². The minimum Gasteiger partial charge on any atom is -0.459 e. The number of furan rings is 1. The molecular formula is C24H23N3O4. The smallest absolute Gasteiger partial charge is 0.289 e. The summed E-state index contributed by atoms with van der Waals surface area (Å²) < 4.78 is 11.5. The van der Waals surface area contributed by atoms with Gasteiger partial charge in [0, 0.05) is 37.9 Å². The highest BCUT2D eigenvalue weighted by Crippen LogP contribution is 2.42. The number of hydrogen-bond acceptors (Lipinski definition) is 5. The predicted molar refractivity (Wildman–Crippen MR) is 112 cm³/mol. The van der Waals surface area contributed by atoms with Gasteiger partial charge in [-0.15, -0.1) is 0 Å². The molecule has 158 valence electrons. The van der Waals surface area contributed by atoms with Crippen LogP contribution in [0.15, 0.2) is 77.7 Å². The maximum absolute atomic E-state index is 13.8. The van der Waals surface area contributed by atoms with E-state index >= 15 is 0 Å². The summed E-state index contributed by atoms with van der Waals surface area (Å²) in [6.07, 6.45) is 4.92. The molecule has 0 saturated carbocycles. The molecule has 7 heteroatoms. The number of rotatable bonds is 4. The Hall–Kier alpha value is -3.45. The maximum atomic E-state index is 13.8. The van der Waals surface area contributed by atoms with Crippen molar-refractivity contribution in [1.82, 2.24) is 14.8 Å². The van der Waals surface area contributed by atoms with Gasteiger partial charge < -0.3 is 19.0 Å². The molecule has 4 heterocycles. The zero-order valence-corrected chi connectivity index (χ0v) is 17.0. The zero-order chi connectivity index (χ0) is 21.3. The van der Waals surface area contributed by atoms with Crippen molar-refractivity contribution in [3.05, 3.63) is 90.1 Å². The first-order valence-electron chi connectivity index (χ1n) is 10.4. The lowest BCUT2D eigenvalue weighted by Gasteiger charge is -2.42. The van der Waals surface area contributed by atoms with Crippen molar-refractivity contribution in [3.8, 4) is 0 Å². The second kappa shape index (κ2) is 8.00. The largest absolute Gasteiger partial charge is 0.459 e. The average Bonchev–Trinajstić information content (AvgIpc) is 3.47. The predicted octanol–water partition coefficient (Wildman–Crippen LogP) is 2.71. The lowest BCUT2D eigenvalue weighted by atomic mass is 9.83. The third-order valence-corrected chi connectivity index (χ3v) is 6.08. The number of benzene rings is 1. The number of amides is 2. The molecule has 1 aromatic carbocycles. The van der Waals surface area contributed by atoms with Crippen LogP contribution in [0.4, 0.5) is 0 Å². The van der Waals surface area contributed by atoms with Crippen LogP contribution < -0.4 is 0 Å². The van der Waals surface area contributed by atoms with Gasteiger partial charge in [0.2, 0.25) is 0 Å². The van der Waals surface area contributed by atoms with Gasteiger partial charge in [-0.1, -0.05) is 36.4 Å². The summed E-state index contributed by atoms with van der Waals surface area (Å²) in [5.41, 5.74) is 0.803. The summed E-state index contributed by atoms with van der Waals surface area (Å²) in [4.78, 5) is 34.6. The third-order valence-electron chi connectivity index (χ3n) is 6.08. The summed E-state index contributed by atoms with van der Waals surface area (Å²) in [5, 5.41) is 0. The standard InChI is InChI=1S/C24H23N3O4/c28-22(21-9-5-12-30-21)27-16-20(19-8-4-10-25-14-19)24(17-27)23(29)26(11-13-31-24)15-18-6-2-1-3-7-18/h1-10,12,14,20H,11,13,15-17H2. The maximum Gasteiger partial charge on any atom is 0.289 e. The van der Waals surface area contributed by atoms with Crippen molar-refractivity contribution in [3.63, 3.8) is 0 Å². The zero-order valence-electron chi connectivity index (χ0n) is 17.0. The van der Waals surface area contributed by atoms with Gasteiger partial charge in [0.05, 0.1) is 19.4 Å². The molecule has 31 heavy (non-hydrogen) atoms. The van der Waals surface area contributed by atoms with Crippen molar-refractivity contribution in [2.24, 2.45) is 0 Å². The highest BCUT2D eigenvalue weighted by Gasteiger charge is 2.58. The van der Waals surface area contributed by atoms with E-state index in [4.69, 9.17) is 9.15 Å². The Morgan fingerprint density at radius 3 is 2.74 bits per heavy atom. The monoisotopic (exact) mass is 417 g/mol. The van der Waals surface area contributed by atoms with Gasteiger partial charge >= 0.3 is 0 Å². The van der Waals surface area contributed by atoms with E-state index in [2.05, 4.69) is 4.98 Å². The summed E-state index contributed by atoms with van der Waals surface area (Å²) in [6.45, 7) is 1.97. The summed E-state index contributed by atoms with van der Waals surface area (Å²) in [7, 11) is 0. The van der Waals surface area contributed by atoms with Crippen molar-refractivity contribution in [1.29, 1.82) is 0 Å². The van der Waals surface area contributed by atoms with Gasteiger partial charge in [0.1, 0.15) is 0 Å². The highest BCUT2D eigenvalue weighted by molar-refractivity contribution is 5.94. The Labute approximate surface area is 180 Å². The molecule has 7 nitrogen and oxygen atoms in total. The SMILES string of the molecule is O=C(c1ccco1)N1CC(c2cccnc2)C2(C1)OCCN(Cc1ccccc1)C2=O. The Morgan fingerprint density at radius 1 is 1.13 bits per heavy atom. The molecular weight excluding hydrogens is 394 g/mol. The number of ether oxygens (including phenoxy) is 1. The van der Waals surface area contributed by atoms with E-state index < -0.39 is 5.60 Å². The number of likely N-dealkylation sites (tertiary alicyclic amines) is 1. The Kier molecular flexibility index (Phi) is 5.03. The second-order valence-electron chi connectivity index (χ2n) is 7.95. The first kappa shape index (κ1) is 19.5. The van der Waals surface area contributed by atoms with E-state index in [0.29, 0.717) is 26.2 Å². The minimum absolute atomic E-state index is 0.0915. The van der Waals surface area contributed by atoms with Crippen molar-refractivity contribution >= 4 is 11.8 Å². The van der Waals surface area contributed by atoms with E-state index in [1.54, 1.807) is 29.4 Å². The topological polar surface area (TPSA) is 75.9 Å². The van der Waals surface area contributed by atoms with E-state index in [1.807, 2.05) is 47.4 Å². The van der Waals surface area contributed by atoms with Crippen LogP contribution in [-0.4, -0.2) is 58.4 Å². The van der Waals surface area contributed by atoms with Crippen LogP contribution in [0.3, 0.4) is 0 Å². The molecule has 2 aliphatic rings. The second-order valence-corrected chi connectivity index (χ2v) is 7.95. The molecule has 2 atom stereocenters. The quantitative estimate of drug-likeness (QED) is 0.653. The minimum atomic E-state index is -1.14. The van der Waals surface area contributed by atoms with Crippen LogP contribution in [0, 0.1) is 0 Å². The molecule has 2 aliphatic heterocycles. The number of hydrogen-bond donors (Lipinski definition) is 0. The number of carbonyl (C=O) groups is 2. The van der Waals surface area contributed by atoms with E-state index in [1.165, 1.54) is 6.26 Å². The van der Waals surface area contributed by atoms with Gasteiger partial charge in [-0.3, -0.25) is 14.6 Å². The number of morpholine rings is 1. The fourth-order valence-corrected chi connectivity index (χ4v) is 4.58. The molecule has 2 fully saturated rings. The summed E-state index contributed by atoms with van der Waals surface area (Å²) in [5.74, 6) is -0.392. The fourth-order valence-electron chi connectivity index (χ4n) is 4.58. The first-order chi connectivity index (χ1) is 15.2. The molecule has 2 unspecified atom stereocenters. The van der Waals surface area contributed by atoms with Gasteiger partial charge in [-0.2, -0.15) is 0 Å². The molecule has 0 N–H and O–H groups in total. The molecule has 0 radical (unpaired) electrons. The lowest BCUT2D eigenvalue weighted by Crippen LogP contribution is -2.60. The average molecular weight is 417 g/mol. The summed E-state index contributed by atoms with van der Waals surface area (Å²) >= 11 is 0. The van der Waals surface area contributed by atoms with Crippen LogP contribution >= 0.6 is 0 Å². The number of carbonyl (C=O) groups excluding carboxylic acids is 2. The Bertz CT molecular complexity index is 1050. The van der Waals surface area contributed by atoms with E-state index in [0.717, 1.165) is 11.1 Å². The van der Waals surface area contributed by atoms with Crippen molar-refractivity contribution < 1.29 is 18.7 Å². The molecule has 0 aliphatic carbocycles. The molecule has 1 spiro atoms. The van der Waals surface area contributed by atoms with E-state index in [-0.39, 0.29) is 30.0 Å². The fraction of sp³-hybridized carbons (Fsp3) is 0.292. The Morgan fingerprint density at radius 2 is 2.00 bits per heavy atom. The normalized spacial score (nSPS) is 23.5.